The Hall–Kier alpha value is -19.5. The van der Waals surface area contributed by atoms with E-state index >= 15 is 0 Å². The van der Waals surface area contributed by atoms with Crippen LogP contribution in [-0.4, -0.2) is 41.1 Å². The van der Waals surface area contributed by atoms with Gasteiger partial charge in [0.05, 0.1) is 111 Å². The normalized spacial score (nSPS) is 12.0. The average Bonchev–Trinajstić information content (AvgIpc) is 1.55. The van der Waals surface area contributed by atoms with E-state index in [0.717, 1.165) is 11.4 Å². The second-order valence-corrected chi connectivity index (χ2v) is 38.2. The first-order chi connectivity index (χ1) is 72.0. The van der Waals surface area contributed by atoms with Crippen molar-refractivity contribution in [1.82, 2.24) is 41.1 Å². The average molecular weight is 1850 g/mol. The summed E-state index contributed by atoms with van der Waals surface area (Å²) >= 11 is 0. The molecule has 145 heavy (non-hydrogen) atoms. The molecule has 9 nitrogen and oxygen atoms in total. The summed E-state index contributed by atoms with van der Waals surface area (Å²) in [5, 5.41) is 25.0. The van der Waals surface area contributed by atoms with Crippen molar-refractivity contribution in [1.29, 1.82) is 0 Å². The van der Waals surface area contributed by atoms with E-state index in [0.29, 0.717) is 0 Å². The maximum atomic E-state index is 2.50. The number of rotatable bonds is 10. The molecule has 32 rings (SSSR count). The van der Waals surface area contributed by atoms with Crippen molar-refractivity contribution in [3.8, 4) is 62.3 Å². The first kappa shape index (κ1) is 81.5. The minimum absolute atomic E-state index is 1.15. The van der Waals surface area contributed by atoms with Gasteiger partial charge in [0.2, 0.25) is 0 Å². The third kappa shape index (κ3) is 12.5. The lowest BCUT2D eigenvalue weighted by atomic mass is 10.1. The highest BCUT2D eigenvalue weighted by atomic mass is 15.1. The summed E-state index contributed by atoms with van der Waals surface area (Å²) in [5.41, 5.74) is 34.7. The lowest BCUT2D eigenvalue weighted by molar-refractivity contribution is 1.16. The third-order valence-electron chi connectivity index (χ3n) is 30.4. The van der Waals surface area contributed by atoms with E-state index in [1.807, 2.05) is 0 Å². The number of aromatic nitrogens is 9. The molecule has 0 spiro atoms. The van der Waals surface area contributed by atoms with Crippen molar-refractivity contribution in [3.05, 3.63) is 528 Å². The first-order valence-electron chi connectivity index (χ1n) is 49.9. The van der Waals surface area contributed by atoms with Gasteiger partial charge in [-0.1, -0.05) is 322 Å². The molecule has 0 aliphatic rings. The molecule has 0 radical (unpaired) electrons. The minimum Gasteiger partial charge on any atom is -0.309 e. The zero-order valence-corrected chi connectivity index (χ0v) is 78.8. The van der Waals surface area contributed by atoms with Gasteiger partial charge in [-0.2, -0.15) is 0 Å². The topological polar surface area (TPSA) is 44.4 Å². The van der Waals surface area contributed by atoms with E-state index in [1.54, 1.807) is 0 Å². The number of para-hydroxylation sites is 13. The van der Waals surface area contributed by atoms with Gasteiger partial charge in [-0.05, 0) is 228 Å². The molecule has 0 saturated carbocycles. The van der Waals surface area contributed by atoms with Crippen molar-refractivity contribution < 1.29 is 0 Å². The SMILES string of the molecule is c1ccc(-c2cccc(-n3c4ccccc4c4cc(-n5c6ccccc6c6cc7c(cc65)c5ccccc5n7-c5ccccc5)ccc43)c2)cc1.c1ccc(-n2c3ccccc3c3cc4c(cc32)c2ccccc2n4-c2cccc3c2c2ccccc2n3-c2ccc3ccccc3c2)cc1.c1ccc(-n2c3ccccc3c3cc4c(cc32)c2ccccc2n4-c2cccc3c2c2ccccc2n3-c2ccccc2)cc1. The van der Waals surface area contributed by atoms with E-state index in [9.17, 15) is 0 Å². The van der Waals surface area contributed by atoms with Gasteiger partial charge >= 0.3 is 0 Å². The molecule has 23 aromatic carbocycles. The van der Waals surface area contributed by atoms with Gasteiger partial charge in [-0.3, -0.25) is 0 Å². The summed E-state index contributed by atoms with van der Waals surface area (Å²) in [6, 6.07) is 192. The molecule has 0 aliphatic heterocycles. The van der Waals surface area contributed by atoms with Crippen LogP contribution in [0.2, 0.25) is 0 Å². The Morgan fingerprint density at radius 2 is 0.317 bits per heavy atom. The molecule has 0 unspecified atom stereocenters. The molecule has 676 valence electrons. The summed E-state index contributed by atoms with van der Waals surface area (Å²) in [6.45, 7) is 0. The van der Waals surface area contributed by atoms with Crippen LogP contribution in [-0.2, 0) is 0 Å². The number of hydrogen-bond donors (Lipinski definition) is 0. The molecule has 0 bridgehead atoms. The van der Waals surface area contributed by atoms with Crippen LogP contribution in [0.15, 0.2) is 528 Å². The fraction of sp³-hybridized carbons (Fsp3) is 0. The van der Waals surface area contributed by atoms with Gasteiger partial charge in [0, 0.05) is 137 Å². The predicted octanol–water partition coefficient (Wildman–Crippen LogP) is 35.8. The summed E-state index contributed by atoms with van der Waals surface area (Å²) in [7, 11) is 0. The van der Waals surface area contributed by atoms with Gasteiger partial charge in [0.15, 0.2) is 0 Å². The molecule has 32 aromatic rings. The Balaban J connectivity index is 0.000000101. The van der Waals surface area contributed by atoms with Crippen molar-refractivity contribution in [2.24, 2.45) is 0 Å². The van der Waals surface area contributed by atoms with E-state index < -0.39 is 0 Å². The molecule has 0 amide bonds. The highest BCUT2D eigenvalue weighted by molar-refractivity contribution is 6.25. The van der Waals surface area contributed by atoms with Crippen LogP contribution in [0.25, 0.3) is 269 Å². The molecule has 0 N–H and O–H groups in total. The second-order valence-electron chi connectivity index (χ2n) is 38.2. The van der Waals surface area contributed by atoms with Gasteiger partial charge in [0.1, 0.15) is 0 Å². The van der Waals surface area contributed by atoms with Gasteiger partial charge < -0.3 is 41.1 Å². The largest absolute Gasteiger partial charge is 0.309 e. The van der Waals surface area contributed by atoms with Gasteiger partial charge in [-0.25, -0.2) is 0 Å². The summed E-state index contributed by atoms with van der Waals surface area (Å²) in [4.78, 5) is 0. The maximum absolute atomic E-state index is 2.50. The van der Waals surface area contributed by atoms with E-state index in [2.05, 4.69) is 569 Å². The summed E-state index contributed by atoms with van der Waals surface area (Å²) in [5.74, 6) is 0. The zero-order chi connectivity index (χ0) is 95.0. The van der Waals surface area contributed by atoms with Crippen molar-refractivity contribution in [2.45, 2.75) is 0 Å². The summed E-state index contributed by atoms with van der Waals surface area (Å²) < 4.78 is 21.9. The van der Waals surface area contributed by atoms with E-state index in [1.165, 1.54) is 258 Å². The maximum Gasteiger partial charge on any atom is 0.0562 e. The fourth-order valence-corrected chi connectivity index (χ4v) is 24.3. The smallest absolute Gasteiger partial charge is 0.0562 e. The van der Waals surface area contributed by atoms with Crippen LogP contribution in [0.1, 0.15) is 0 Å². The third-order valence-corrected chi connectivity index (χ3v) is 30.4. The van der Waals surface area contributed by atoms with E-state index in [4.69, 9.17) is 0 Å². The van der Waals surface area contributed by atoms with Crippen LogP contribution in [0.5, 0.6) is 0 Å². The standard InChI is InChI=1S/C48H31N3.C46H29N3.C42H27N3/c1-3-14-32(15-4-1)33-16-13-19-35(28-33)50-44-24-11-7-20-37(44)40-29-36(26-27-46(40)50)51-45-25-12-9-22-39(45)42-30-47-41(31-48(42)51)38-21-8-10-23-43(38)49(47)34-17-5-2-6-18-34;1-2-15-32(16-3-1)47-39-20-9-6-17-34(39)37-29-45-38(28-44(37)47)35-18-7-10-21-40(35)49(45)43-24-12-23-42-46(43)36-19-8-11-22-41(36)48(42)33-26-25-30-13-4-5-14-31(30)27-33;1-3-14-28(15-4-1)43-37-23-12-9-20-32(37)42-38(43)24-13-25-39(42)45-36-22-11-8-19-31(36)34-26-40-33(27-41(34)45)30-18-7-10-21-35(30)44(40)29-16-5-2-6-17-29/h1-31H;1-29H;1-27H. The monoisotopic (exact) mass is 1850 g/mol. The molecule has 9 aromatic heterocycles. The molecule has 0 fully saturated rings. The van der Waals surface area contributed by atoms with Crippen molar-refractivity contribution >= 4 is 207 Å². The van der Waals surface area contributed by atoms with Crippen LogP contribution in [0, 0.1) is 0 Å². The first-order valence-corrected chi connectivity index (χ1v) is 49.9. The fourth-order valence-electron chi connectivity index (χ4n) is 24.3. The Morgan fingerprint density at radius 3 is 0.690 bits per heavy atom. The second kappa shape index (κ2) is 32.6. The lowest BCUT2D eigenvalue weighted by Gasteiger charge is -2.12. The van der Waals surface area contributed by atoms with Gasteiger partial charge in [-0.15, -0.1) is 0 Å². The number of hydrogen-bond acceptors (Lipinski definition) is 0. The van der Waals surface area contributed by atoms with Crippen LogP contribution >= 0.6 is 0 Å². The zero-order valence-electron chi connectivity index (χ0n) is 78.8. The number of benzene rings is 23. The van der Waals surface area contributed by atoms with Gasteiger partial charge in [0.25, 0.3) is 0 Å². The molecule has 0 aliphatic carbocycles. The Kier molecular flexibility index (Phi) is 18.3. The molecule has 0 saturated heterocycles. The molecular formula is C136H87N9. The van der Waals surface area contributed by atoms with Crippen LogP contribution in [0.3, 0.4) is 0 Å². The van der Waals surface area contributed by atoms with Crippen molar-refractivity contribution in [2.75, 3.05) is 0 Å². The summed E-state index contributed by atoms with van der Waals surface area (Å²) in [6.07, 6.45) is 0. The van der Waals surface area contributed by atoms with E-state index in [-0.39, 0.29) is 0 Å². The minimum atomic E-state index is 1.15. The highest BCUT2D eigenvalue weighted by Gasteiger charge is 2.28. The van der Waals surface area contributed by atoms with Crippen LogP contribution < -0.4 is 0 Å². The Bertz CT molecular complexity index is 10900. The van der Waals surface area contributed by atoms with Crippen molar-refractivity contribution in [3.63, 3.8) is 0 Å². The highest BCUT2D eigenvalue weighted by Crippen LogP contribution is 2.49. The predicted molar refractivity (Wildman–Crippen MR) is 611 cm³/mol. The molecular weight excluding hydrogens is 1760 g/mol. The Labute approximate surface area is 832 Å². The number of nitrogens with zero attached hydrogens (tertiary/aromatic N) is 9. The molecule has 9 heterocycles. The van der Waals surface area contributed by atoms with Crippen LogP contribution in [0.4, 0.5) is 0 Å². The number of fused-ring (bicyclic) bond motifs is 28. The quantitative estimate of drug-likeness (QED) is 0.131. The Morgan fingerprint density at radius 1 is 0.0966 bits per heavy atom. The molecule has 0 atom stereocenters. The lowest BCUT2D eigenvalue weighted by Crippen LogP contribution is -1.97. The molecule has 9 heteroatoms.